The van der Waals surface area contributed by atoms with Crippen LogP contribution >= 0.6 is 0 Å². The number of para-hydroxylation sites is 1. The molecule has 1 aliphatic carbocycles. The number of likely N-dealkylation sites (tertiary alicyclic amines) is 1. The Morgan fingerprint density at radius 2 is 1.87 bits per heavy atom. The topological polar surface area (TPSA) is 50.7 Å². The number of methoxy groups -OCH3 is 1. The molecule has 1 spiro atoms. The normalized spacial score (nSPS) is 23.8. The maximum absolute atomic E-state index is 6.00. The molecule has 6 heteroatoms. The van der Waals surface area contributed by atoms with E-state index in [9.17, 15) is 0 Å². The summed E-state index contributed by atoms with van der Waals surface area (Å²) in [7, 11) is 1.72. The highest BCUT2D eigenvalue weighted by Gasteiger charge is 2.49. The van der Waals surface area contributed by atoms with Crippen LogP contribution in [0.25, 0.3) is 0 Å². The molecule has 5 rings (SSSR count). The zero-order chi connectivity index (χ0) is 21.1. The van der Waals surface area contributed by atoms with E-state index in [1.54, 1.807) is 13.3 Å². The highest BCUT2D eigenvalue weighted by atomic mass is 16.5. The predicted molar refractivity (Wildman–Crippen MR) is 122 cm³/mol. The average Bonchev–Trinajstić information content (AvgIpc) is 3.25. The van der Waals surface area contributed by atoms with Gasteiger partial charge < -0.3 is 19.3 Å². The van der Waals surface area contributed by atoms with E-state index in [1.807, 2.05) is 6.07 Å². The third-order valence-electron chi connectivity index (χ3n) is 7.56. The van der Waals surface area contributed by atoms with E-state index in [2.05, 4.69) is 50.3 Å². The first kappa shape index (κ1) is 20.7. The first-order valence-corrected chi connectivity index (χ1v) is 11.7. The summed E-state index contributed by atoms with van der Waals surface area (Å²) in [5.74, 6) is 2.67. The minimum Gasteiger partial charge on any atom is -0.491 e. The van der Waals surface area contributed by atoms with E-state index in [0.29, 0.717) is 24.5 Å². The van der Waals surface area contributed by atoms with Crippen molar-refractivity contribution in [1.29, 1.82) is 0 Å². The molecule has 6 nitrogen and oxygen atoms in total. The molecule has 1 aromatic carbocycles. The van der Waals surface area contributed by atoms with Gasteiger partial charge in [0.1, 0.15) is 12.4 Å². The number of anilines is 1. The molecule has 2 aliphatic heterocycles. The summed E-state index contributed by atoms with van der Waals surface area (Å²) < 4.78 is 11.1. The molecule has 0 unspecified atom stereocenters. The fourth-order valence-corrected chi connectivity index (χ4v) is 5.92. The van der Waals surface area contributed by atoms with E-state index in [4.69, 9.17) is 9.47 Å². The van der Waals surface area contributed by atoms with Crippen LogP contribution in [0.4, 0.5) is 5.82 Å². The molecule has 2 aromatic rings. The number of hydrogen-bond acceptors (Lipinski definition) is 6. The summed E-state index contributed by atoms with van der Waals surface area (Å²) in [6.45, 7) is 5.93. The summed E-state index contributed by atoms with van der Waals surface area (Å²) in [5, 5.41) is 8.32. The van der Waals surface area contributed by atoms with Crippen LogP contribution in [0.1, 0.15) is 43.6 Å². The van der Waals surface area contributed by atoms with E-state index in [0.717, 1.165) is 30.7 Å². The van der Waals surface area contributed by atoms with Crippen LogP contribution in [0.2, 0.25) is 0 Å². The van der Waals surface area contributed by atoms with Gasteiger partial charge in [0.2, 0.25) is 0 Å². The van der Waals surface area contributed by atoms with E-state index >= 15 is 0 Å². The number of hydrogen-bond donors (Lipinski definition) is 0. The second-order valence-electron chi connectivity index (χ2n) is 9.52. The molecule has 3 fully saturated rings. The van der Waals surface area contributed by atoms with E-state index < -0.39 is 0 Å². The fourth-order valence-electron chi connectivity index (χ4n) is 5.92. The van der Waals surface area contributed by atoms with Crippen molar-refractivity contribution in [2.24, 2.45) is 5.41 Å². The summed E-state index contributed by atoms with van der Waals surface area (Å²) in [4.78, 5) is 5.16. The molecule has 1 atom stereocenters. The minimum absolute atomic E-state index is 0.501. The van der Waals surface area contributed by atoms with Gasteiger partial charge in [-0.05, 0) is 74.9 Å². The second kappa shape index (κ2) is 9.13. The molecular formula is C25H34N4O2. The number of piperidine rings is 1. The number of aromatic nitrogens is 2. The fraction of sp³-hybridized carbons (Fsp3) is 0.600. The summed E-state index contributed by atoms with van der Waals surface area (Å²) in [6.07, 6.45) is 8.23. The van der Waals surface area contributed by atoms with Gasteiger partial charge in [-0.1, -0.05) is 18.2 Å². The maximum atomic E-state index is 6.00. The summed E-state index contributed by atoms with van der Waals surface area (Å²) in [5.41, 5.74) is 1.88. The van der Waals surface area contributed by atoms with Crippen molar-refractivity contribution >= 4 is 5.82 Å². The van der Waals surface area contributed by atoms with Crippen LogP contribution in [-0.4, -0.2) is 67.6 Å². The number of ether oxygens (including phenoxy) is 2. The Balaban J connectivity index is 1.13. The molecule has 2 saturated heterocycles. The van der Waals surface area contributed by atoms with Crippen molar-refractivity contribution in [2.45, 2.75) is 44.1 Å². The van der Waals surface area contributed by atoms with E-state index in [-0.39, 0.29) is 0 Å². The number of nitrogens with zero attached hydrogens (tertiary/aromatic N) is 4. The highest BCUT2D eigenvalue weighted by Crippen LogP contribution is 2.48. The highest BCUT2D eigenvalue weighted by molar-refractivity contribution is 5.42. The molecule has 0 amide bonds. The number of benzene rings is 1. The maximum Gasteiger partial charge on any atom is 0.151 e. The van der Waals surface area contributed by atoms with E-state index in [1.165, 1.54) is 50.8 Å². The van der Waals surface area contributed by atoms with Crippen molar-refractivity contribution in [2.75, 3.05) is 51.4 Å². The molecular weight excluding hydrogens is 388 g/mol. The molecule has 1 saturated carbocycles. The lowest BCUT2D eigenvalue weighted by atomic mass is 9.78. The quantitative estimate of drug-likeness (QED) is 0.634. The largest absolute Gasteiger partial charge is 0.491 e. The van der Waals surface area contributed by atoms with Crippen molar-refractivity contribution in [3.63, 3.8) is 0 Å². The van der Waals surface area contributed by atoms with Gasteiger partial charge >= 0.3 is 0 Å². The van der Waals surface area contributed by atoms with Crippen LogP contribution in [-0.2, 0) is 4.74 Å². The van der Waals surface area contributed by atoms with Gasteiger partial charge in [-0.2, -0.15) is 5.10 Å². The van der Waals surface area contributed by atoms with Crippen molar-refractivity contribution in [3.8, 4) is 5.75 Å². The van der Waals surface area contributed by atoms with Crippen molar-refractivity contribution in [3.05, 3.63) is 48.2 Å². The average molecular weight is 423 g/mol. The van der Waals surface area contributed by atoms with Gasteiger partial charge in [0.05, 0.1) is 6.61 Å². The van der Waals surface area contributed by atoms with Crippen LogP contribution in [0, 0.1) is 5.41 Å². The monoisotopic (exact) mass is 422 g/mol. The number of rotatable bonds is 7. The first-order chi connectivity index (χ1) is 15.3. The van der Waals surface area contributed by atoms with Gasteiger partial charge in [0.15, 0.2) is 5.82 Å². The predicted octanol–water partition coefficient (Wildman–Crippen LogP) is 3.74. The smallest absolute Gasteiger partial charge is 0.151 e. The Bertz CT molecular complexity index is 848. The third-order valence-corrected chi connectivity index (χ3v) is 7.56. The Labute approximate surface area is 185 Å². The zero-order valence-electron chi connectivity index (χ0n) is 18.6. The van der Waals surface area contributed by atoms with Crippen LogP contribution in [0.15, 0.2) is 42.6 Å². The van der Waals surface area contributed by atoms with Crippen LogP contribution in [0.3, 0.4) is 0 Å². The zero-order valence-corrected chi connectivity index (χ0v) is 18.6. The van der Waals surface area contributed by atoms with Gasteiger partial charge in [-0.3, -0.25) is 0 Å². The van der Waals surface area contributed by atoms with Crippen molar-refractivity contribution in [1.82, 2.24) is 15.1 Å². The molecule has 166 valence electrons. The lowest BCUT2D eigenvalue weighted by molar-refractivity contribution is 0.129. The minimum atomic E-state index is 0.501. The molecule has 0 radical (unpaired) electrons. The molecule has 31 heavy (non-hydrogen) atoms. The molecule has 3 heterocycles. The van der Waals surface area contributed by atoms with Gasteiger partial charge in [-0.25, -0.2) is 0 Å². The third kappa shape index (κ3) is 4.41. The standard InChI is InChI=1S/C25H34N4O2/c1-30-15-16-31-23-6-3-2-5-22(23)20-9-13-28(14-10-20)21-8-11-25(17-21)18-29(19-25)24-7-4-12-26-27-24/h2-7,12,20-21H,8-11,13-19H2,1H3/t21-/m1/s1. The van der Waals surface area contributed by atoms with Crippen molar-refractivity contribution < 1.29 is 9.47 Å². The Morgan fingerprint density at radius 1 is 1.03 bits per heavy atom. The SMILES string of the molecule is COCCOc1ccccc1C1CCN([C@@H]2CCC3(C2)CN(c2cccnn2)C3)CC1. The van der Waals surface area contributed by atoms with Crippen LogP contribution in [0.5, 0.6) is 5.75 Å². The Hall–Kier alpha value is -2.18. The molecule has 0 bridgehead atoms. The summed E-state index contributed by atoms with van der Waals surface area (Å²) in [6, 6.07) is 13.4. The van der Waals surface area contributed by atoms with Crippen LogP contribution < -0.4 is 9.64 Å². The Morgan fingerprint density at radius 3 is 2.65 bits per heavy atom. The molecule has 3 aliphatic rings. The lowest BCUT2D eigenvalue weighted by Gasteiger charge is -2.49. The lowest BCUT2D eigenvalue weighted by Crippen LogP contribution is -2.56. The first-order valence-electron chi connectivity index (χ1n) is 11.7. The molecule has 1 aromatic heterocycles. The summed E-state index contributed by atoms with van der Waals surface area (Å²) >= 11 is 0. The van der Waals surface area contributed by atoms with Gasteiger partial charge in [0, 0.05) is 37.9 Å². The van der Waals surface area contributed by atoms with Gasteiger partial charge in [-0.15, -0.1) is 5.10 Å². The molecule has 0 N–H and O–H groups in total. The van der Waals surface area contributed by atoms with Gasteiger partial charge in [0.25, 0.3) is 0 Å². The Kier molecular flexibility index (Phi) is 6.10. The second-order valence-corrected chi connectivity index (χ2v) is 9.52.